The first-order valence-corrected chi connectivity index (χ1v) is 12.6. The van der Waals surface area contributed by atoms with Crippen LogP contribution < -0.4 is 24.8 Å². The van der Waals surface area contributed by atoms with Crippen LogP contribution in [0.5, 0.6) is 11.5 Å². The fourth-order valence-corrected chi connectivity index (χ4v) is 4.49. The molecule has 0 spiro atoms. The minimum atomic E-state index is -0.506. The summed E-state index contributed by atoms with van der Waals surface area (Å²) in [5.74, 6) is 0.0482. The molecule has 0 saturated carbocycles. The van der Waals surface area contributed by atoms with E-state index >= 15 is 0 Å². The van der Waals surface area contributed by atoms with E-state index in [1.165, 1.54) is 18.0 Å². The van der Waals surface area contributed by atoms with Crippen molar-refractivity contribution in [2.75, 3.05) is 37.3 Å². The standard InChI is InChI=1S/C29H27F2N3O3S/c1-36-24-8-3-5-20(15-24)29(35)33-14-13-32-22-6-4-7-23(18-22)34-38-28-16-19(9-12-27(28)37-2)25-17-21(30)10-11-26(25)31/h3-12,15-18,32,34H,13-14H2,1-2H3,(H,33,35). The summed E-state index contributed by atoms with van der Waals surface area (Å²) in [6.45, 7) is 0.963. The van der Waals surface area contributed by atoms with Crippen molar-refractivity contribution < 1.29 is 23.0 Å². The van der Waals surface area contributed by atoms with Crippen molar-refractivity contribution in [3.63, 3.8) is 0 Å². The summed E-state index contributed by atoms with van der Waals surface area (Å²) < 4.78 is 41.9. The summed E-state index contributed by atoms with van der Waals surface area (Å²) in [5.41, 5.74) is 2.95. The van der Waals surface area contributed by atoms with Gasteiger partial charge in [0.1, 0.15) is 23.1 Å². The van der Waals surface area contributed by atoms with Gasteiger partial charge in [0.15, 0.2) is 0 Å². The molecule has 0 aliphatic rings. The van der Waals surface area contributed by atoms with Crippen LogP contribution in [-0.2, 0) is 0 Å². The highest BCUT2D eigenvalue weighted by molar-refractivity contribution is 8.00. The zero-order chi connectivity index (χ0) is 26.9. The Morgan fingerprint density at radius 1 is 0.842 bits per heavy atom. The molecule has 9 heteroatoms. The summed E-state index contributed by atoms with van der Waals surface area (Å²) in [5, 5.41) is 6.17. The molecule has 0 aromatic heterocycles. The van der Waals surface area contributed by atoms with Crippen molar-refractivity contribution in [2.45, 2.75) is 4.90 Å². The fourth-order valence-electron chi connectivity index (χ4n) is 3.70. The molecule has 4 aromatic carbocycles. The summed E-state index contributed by atoms with van der Waals surface area (Å²) in [6.07, 6.45) is 0. The van der Waals surface area contributed by atoms with Gasteiger partial charge in [-0.1, -0.05) is 18.2 Å². The van der Waals surface area contributed by atoms with Crippen LogP contribution in [0.4, 0.5) is 20.2 Å². The van der Waals surface area contributed by atoms with E-state index in [0.717, 1.165) is 23.5 Å². The van der Waals surface area contributed by atoms with Crippen LogP contribution in [0.25, 0.3) is 11.1 Å². The smallest absolute Gasteiger partial charge is 0.251 e. The number of anilines is 2. The molecular formula is C29H27F2N3O3S. The lowest BCUT2D eigenvalue weighted by molar-refractivity contribution is 0.0955. The van der Waals surface area contributed by atoms with Gasteiger partial charge in [0, 0.05) is 35.6 Å². The van der Waals surface area contributed by atoms with Crippen molar-refractivity contribution in [2.24, 2.45) is 0 Å². The van der Waals surface area contributed by atoms with Crippen LogP contribution in [0.3, 0.4) is 0 Å². The Morgan fingerprint density at radius 3 is 2.47 bits per heavy atom. The van der Waals surface area contributed by atoms with Crippen molar-refractivity contribution in [1.29, 1.82) is 0 Å². The van der Waals surface area contributed by atoms with Crippen molar-refractivity contribution in [3.8, 4) is 22.6 Å². The number of carbonyl (C=O) groups excluding carboxylic acids is 1. The van der Waals surface area contributed by atoms with E-state index in [1.54, 1.807) is 56.7 Å². The molecule has 1 amide bonds. The normalized spacial score (nSPS) is 10.5. The largest absolute Gasteiger partial charge is 0.497 e. The molecule has 0 aliphatic carbocycles. The Hall–Kier alpha value is -4.24. The van der Waals surface area contributed by atoms with Crippen LogP contribution in [0.2, 0.25) is 0 Å². The van der Waals surface area contributed by atoms with Gasteiger partial charge in [0.2, 0.25) is 0 Å². The van der Waals surface area contributed by atoms with E-state index in [2.05, 4.69) is 15.4 Å². The molecule has 4 aromatic rings. The lowest BCUT2D eigenvalue weighted by Gasteiger charge is -2.13. The Labute approximate surface area is 224 Å². The third kappa shape index (κ3) is 6.95. The maximum absolute atomic E-state index is 14.3. The molecule has 0 radical (unpaired) electrons. The molecule has 0 heterocycles. The topological polar surface area (TPSA) is 71.6 Å². The molecule has 0 aliphatic heterocycles. The quantitative estimate of drug-likeness (QED) is 0.148. The number of benzene rings is 4. The number of carbonyl (C=O) groups is 1. The first kappa shape index (κ1) is 26.8. The van der Waals surface area contributed by atoms with Gasteiger partial charge >= 0.3 is 0 Å². The monoisotopic (exact) mass is 535 g/mol. The second-order valence-electron chi connectivity index (χ2n) is 8.19. The zero-order valence-corrected chi connectivity index (χ0v) is 21.7. The van der Waals surface area contributed by atoms with Gasteiger partial charge in [-0.25, -0.2) is 8.78 Å². The van der Waals surface area contributed by atoms with E-state index < -0.39 is 11.6 Å². The second-order valence-corrected chi connectivity index (χ2v) is 9.04. The molecule has 196 valence electrons. The molecule has 0 atom stereocenters. The Morgan fingerprint density at radius 2 is 1.66 bits per heavy atom. The lowest BCUT2D eigenvalue weighted by atomic mass is 10.0. The van der Waals surface area contributed by atoms with Crippen molar-refractivity contribution in [3.05, 3.63) is 102 Å². The van der Waals surface area contributed by atoms with Gasteiger partial charge in [0.25, 0.3) is 5.91 Å². The molecule has 3 N–H and O–H groups in total. The number of nitrogens with one attached hydrogen (secondary N) is 3. The minimum Gasteiger partial charge on any atom is -0.497 e. The average molecular weight is 536 g/mol. The number of ether oxygens (including phenoxy) is 2. The van der Waals surface area contributed by atoms with Gasteiger partial charge in [-0.15, -0.1) is 0 Å². The number of halogens is 2. The Bertz CT molecular complexity index is 1420. The summed E-state index contributed by atoms with van der Waals surface area (Å²) >= 11 is 1.30. The third-order valence-electron chi connectivity index (χ3n) is 5.62. The van der Waals surface area contributed by atoms with E-state index in [1.807, 2.05) is 24.3 Å². The molecule has 38 heavy (non-hydrogen) atoms. The SMILES string of the molecule is COc1cccc(C(=O)NCCNc2cccc(NSc3cc(-c4cc(F)ccc4F)ccc3OC)c2)c1. The van der Waals surface area contributed by atoms with Crippen LogP contribution in [0, 0.1) is 11.6 Å². The summed E-state index contributed by atoms with van der Waals surface area (Å²) in [7, 11) is 3.11. The predicted octanol–water partition coefficient (Wildman–Crippen LogP) is 6.61. The summed E-state index contributed by atoms with van der Waals surface area (Å²) in [4.78, 5) is 13.1. The first-order chi connectivity index (χ1) is 18.5. The number of amides is 1. The highest BCUT2D eigenvalue weighted by atomic mass is 32.2. The molecule has 0 unspecified atom stereocenters. The van der Waals surface area contributed by atoms with Gasteiger partial charge in [-0.05, 0) is 84.2 Å². The molecule has 0 saturated heterocycles. The van der Waals surface area contributed by atoms with E-state index in [0.29, 0.717) is 40.6 Å². The van der Waals surface area contributed by atoms with Gasteiger partial charge in [-0.2, -0.15) is 0 Å². The lowest BCUT2D eigenvalue weighted by Crippen LogP contribution is -2.28. The van der Waals surface area contributed by atoms with Crippen LogP contribution in [-0.4, -0.2) is 33.2 Å². The number of rotatable bonds is 11. The number of hydrogen-bond donors (Lipinski definition) is 3. The van der Waals surface area contributed by atoms with Gasteiger partial charge in [-0.3, -0.25) is 4.79 Å². The van der Waals surface area contributed by atoms with Gasteiger partial charge in [0.05, 0.1) is 19.1 Å². The fraction of sp³-hybridized carbons (Fsp3) is 0.138. The van der Waals surface area contributed by atoms with Crippen LogP contribution in [0.1, 0.15) is 10.4 Å². The second kappa shape index (κ2) is 12.8. The molecular weight excluding hydrogens is 508 g/mol. The minimum absolute atomic E-state index is 0.174. The number of methoxy groups -OCH3 is 2. The predicted molar refractivity (Wildman–Crippen MR) is 148 cm³/mol. The third-order valence-corrected chi connectivity index (χ3v) is 6.49. The summed E-state index contributed by atoms with van der Waals surface area (Å²) in [6, 6.07) is 23.2. The van der Waals surface area contributed by atoms with E-state index in [4.69, 9.17) is 9.47 Å². The van der Waals surface area contributed by atoms with Crippen molar-refractivity contribution >= 4 is 29.2 Å². The van der Waals surface area contributed by atoms with Crippen LogP contribution in [0.15, 0.2) is 89.8 Å². The first-order valence-electron chi connectivity index (χ1n) is 11.8. The maximum Gasteiger partial charge on any atom is 0.251 e. The Kier molecular flexibility index (Phi) is 9.05. The van der Waals surface area contributed by atoms with E-state index in [9.17, 15) is 13.6 Å². The molecule has 0 fully saturated rings. The molecule has 6 nitrogen and oxygen atoms in total. The maximum atomic E-state index is 14.3. The molecule has 0 bridgehead atoms. The number of hydrogen-bond acceptors (Lipinski definition) is 6. The highest BCUT2D eigenvalue weighted by Gasteiger charge is 2.12. The van der Waals surface area contributed by atoms with Gasteiger partial charge < -0.3 is 24.8 Å². The highest BCUT2D eigenvalue weighted by Crippen LogP contribution is 2.35. The van der Waals surface area contributed by atoms with Crippen LogP contribution >= 0.6 is 11.9 Å². The van der Waals surface area contributed by atoms with Crippen molar-refractivity contribution in [1.82, 2.24) is 5.32 Å². The zero-order valence-electron chi connectivity index (χ0n) is 20.9. The molecule has 4 rings (SSSR count). The average Bonchev–Trinajstić information content (AvgIpc) is 2.95. The Balaban J connectivity index is 1.34. The van der Waals surface area contributed by atoms with E-state index in [-0.39, 0.29) is 11.5 Å².